The van der Waals surface area contributed by atoms with Crippen molar-refractivity contribution in [1.29, 1.82) is 0 Å². The first-order chi connectivity index (χ1) is 20.1. The third-order valence-electron chi connectivity index (χ3n) is 9.10. The zero-order valence-electron chi connectivity index (χ0n) is 24.6. The monoisotopic (exact) mass is 558 g/mol. The molecule has 1 aliphatic carbocycles. The molecule has 218 valence electrons. The molecule has 0 spiro atoms. The lowest BCUT2D eigenvalue weighted by Crippen LogP contribution is -2.34. The van der Waals surface area contributed by atoms with E-state index < -0.39 is 11.6 Å². The van der Waals surface area contributed by atoms with Gasteiger partial charge in [0.2, 0.25) is 5.82 Å². The maximum atomic E-state index is 14.8. The normalized spacial score (nSPS) is 23.1. The van der Waals surface area contributed by atoms with E-state index in [0.29, 0.717) is 30.1 Å². The Morgan fingerprint density at radius 2 is 1.49 bits per heavy atom. The highest BCUT2D eigenvalue weighted by Crippen LogP contribution is 2.41. The smallest absolute Gasteiger partial charge is 0.201 e. The standard InChI is InChI=1S/C37H44F2O2/c1-3-5-6-7-26-8-22-34(41-25-26)32-19-15-30(16-20-32)28-11-9-27(10-12-28)29-13-17-31(18-14-29)33-21-23-35(40-24-4-2)37(39)36(33)38/h3,5,9-14,17-18,21,23,26,30,32,34H,4,6-8,15-16,19-20,22,24-25H2,1-2H3/b5-3+. The highest BCUT2D eigenvalue weighted by Gasteiger charge is 2.32. The number of ether oxygens (including phenoxy) is 2. The molecule has 2 unspecified atom stereocenters. The molecule has 2 fully saturated rings. The molecule has 0 N–H and O–H groups in total. The van der Waals surface area contributed by atoms with Gasteiger partial charge >= 0.3 is 0 Å². The Morgan fingerprint density at radius 3 is 2.12 bits per heavy atom. The summed E-state index contributed by atoms with van der Waals surface area (Å²) in [6, 6.07) is 19.7. The van der Waals surface area contributed by atoms with Gasteiger partial charge in [-0.25, -0.2) is 4.39 Å². The second-order valence-electron chi connectivity index (χ2n) is 11.9. The van der Waals surface area contributed by atoms with Crippen LogP contribution >= 0.6 is 0 Å². The fraction of sp³-hybridized carbons (Fsp3) is 0.459. The minimum Gasteiger partial charge on any atom is -0.490 e. The summed E-state index contributed by atoms with van der Waals surface area (Å²) in [7, 11) is 0. The van der Waals surface area contributed by atoms with Crippen molar-refractivity contribution in [2.45, 2.75) is 83.7 Å². The summed E-state index contributed by atoms with van der Waals surface area (Å²) in [5.74, 6) is 0.213. The van der Waals surface area contributed by atoms with E-state index in [1.54, 1.807) is 6.07 Å². The minimum absolute atomic E-state index is 0.0371. The fourth-order valence-electron chi connectivity index (χ4n) is 6.62. The lowest BCUT2D eigenvalue weighted by Gasteiger charge is -2.38. The average molecular weight is 559 g/mol. The van der Waals surface area contributed by atoms with Crippen LogP contribution in [0.2, 0.25) is 0 Å². The van der Waals surface area contributed by atoms with Crippen LogP contribution in [-0.4, -0.2) is 19.3 Å². The summed E-state index contributed by atoms with van der Waals surface area (Å²) in [6.07, 6.45) is 15.6. The molecule has 0 aromatic heterocycles. The lowest BCUT2D eigenvalue weighted by molar-refractivity contribution is -0.0573. The van der Waals surface area contributed by atoms with Crippen molar-refractivity contribution in [3.8, 4) is 28.0 Å². The SMILES string of the molecule is C/C=C/CCC1CCC(C2CCC(c3ccc(-c4ccc(-c5ccc(OCCC)c(F)c5F)cc4)cc3)CC2)OC1. The predicted octanol–water partition coefficient (Wildman–Crippen LogP) is 10.5. The average Bonchev–Trinajstić information content (AvgIpc) is 3.03. The number of hydrogen-bond donors (Lipinski definition) is 0. The van der Waals surface area contributed by atoms with Gasteiger partial charge in [-0.15, -0.1) is 0 Å². The second kappa shape index (κ2) is 14.3. The van der Waals surface area contributed by atoms with E-state index in [9.17, 15) is 8.78 Å². The van der Waals surface area contributed by atoms with Gasteiger partial charge in [0, 0.05) is 12.2 Å². The molecule has 5 rings (SSSR count). The van der Waals surface area contributed by atoms with Crippen molar-refractivity contribution in [2.75, 3.05) is 13.2 Å². The summed E-state index contributed by atoms with van der Waals surface area (Å²) in [5, 5.41) is 0. The Hall–Kier alpha value is -2.98. The molecule has 2 nitrogen and oxygen atoms in total. The number of rotatable bonds is 10. The molecule has 0 radical (unpaired) electrons. The molecule has 1 aliphatic heterocycles. The van der Waals surface area contributed by atoms with Gasteiger partial charge in [0.1, 0.15) is 0 Å². The summed E-state index contributed by atoms with van der Waals surface area (Å²) in [5.41, 5.74) is 4.49. The van der Waals surface area contributed by atoms with Crippen LogP contribution in [0, 0.1) is 23.5 Å². The van der Waals surface area contributed by atoms with Gasteiger partial charge in [0.05, 0.1) is 12.7 Å². The molecule has 2 aliphatic rings. The first kappa shape index (κ1) is 29.5. The Kier molecular flexibility index (Phi) is 10.3. The maximum absolute atomic E-state index is 14.8. The van der Waals surface area contributed by atoms with Gasteiger partial charge in [0.25, 0.3) is 0 Å². The highest BCUT2D eigenvalue weighted by molar-refractivity contribution is 5.71. The van der Waals surface area contributed by atoms with Crippen molar-refractivity contribution < 1.29 is 18.3 Å². The van der Waals surface area contributed by atoms with E-state index in [-0.39, 0.29) is 11.3 Å². The van der Waals surface area contributed by atoms with Crippen LogP contribution in [0.5, 0.6) is 5.75 Å². The summed E-state index contributed by atoms with van der Waals surface area (Å²) in [6.45, 7) is 5.32. The summed E-state index contributed by atoms with van der Waals surface area (Å²) < 4.78 is 40.9. The minimum atomic E-state index is -0.930. The topological polar surface area (TPSA) is 18.5 Å². The molecule has 0 bridgehead atoms. The third kappa shape index (κ3) is 7.27. The van der Waals surface area contributed by atoms with Gasteiger partial charge in [-0.3, -0.25) is 0 Å². The molecule has 41 heavy (non-hydrogen) atoms. The zero-order valence-corrected chi connectivity index (χ0v) is 24.6. The van der Waals surface area contributed by atoms with Crippen LogP contribution < -0.4 is 4.74 Å². The molecule has 4 heteroatoms. The van der Waals surface area contributed by atoms with E-state index >= 15 is 0 Å². The van der Waals surface area contributed by atoms with E-state index in [1.807, 2.05) is 31.2 Å². The van der Waals surface area contributed by atoms with E-state index in [1.165, 1.54) is 63.0 Å². The largest absolute Gasteiger partial charge is 0.490 e. The lowest BCUT2D eigenvalue weighted by atomic mass is 9.75. The second-order valence-corrected chi connectivity index (χ2v) is 11.9. The number of halogens is 2. The van der Waals surface area contributed by atoms with Crippen molar-refractivity contribution >= 4 is 0 Å². The van der Waals surface area contributed by atoms with Crippen molar-refractivity contribution in [2.24, 2.45) is 11.8 Å². The molecule has 1 heterocycles. The highest BCUT2D eigenvalue weighted by atomic mass is 19.2. The van der Waals surface area contributed by atoms with Gasteiger partial charge in [-0.1, -0.05) is 67.6 Å². The van der Waals surface area contributed by atoms with Gasteiger partial charge in [-0.05, 0) is 117 Å². The first-order valence-corrected chi connectivity index (χ1v) is 15.6. The Balaban J connectivity index is 1.14. The Morgan fingerprint density at radius 1 is 0.805 bits per heavy atom. The predicted molar refractivity (Wildman–Crippen MR) is 164 cm³/mol. The summed E-state index contributed by atoms with van der Waals surface area (Å²) in [4.78, 5) is 0. The first-order valence-electron chi connectivity index (χ1n) is 15.6. The van der Waals surface area contributed by atoms with Gasteiger partial charge in [0.15, 0.2) is 11.6 Å². The Labute approximate surface area is 244 Å². The number of hydrogen-bond acceptors (Lipinski definition) is 2. The maximum Gasteiger partial charge on any atom is 0.201 e. The molecule has 2 atom stereocenters. The Bertz CT molecular complexity index is 1270. The van der Waals surface area contributed by atoms with Crippen LogP contribution in [-0.2, 0) is 4.74 Å². The fourth-order valence-corrected chi connectivity index (χ4v) is 6.62. The van der Waals surface area contributed by atoms with Crippen LogP contribution in [0.3, 0.4) is 0 Å². The van der Waals surface area contributed by atoms with Crippen molar-refractivity contribution in [1.82, 2.24) is 0 Å². The van der Waals surface area contributed by atoms with Crippen LogP contribution in [0.4, 0.5) is 8.78 Å². The third-order valence-corrected chi connectivity index (χ3v) is 9.10. The van der Waals surface area contributed by atoms with E-state index in [2.05, 4.69) is 43.3 Å². The molecule has 0 amide bonds. The van der Waals surface area contributed by atoms with Gasteiger partial charge in [-0.2, -0.15) is 4.39 Å². The zero-order chi connectivity index (χ0) is 28.6. The molecule has 1 saturated heterocycles. The summed E-state index contributed by atoms with van der Waals surface area (Å²) >= 11 is 0. The van der Waals surface area contributed by atoms with Crippen molar-refractivity contribution in [3.63, 3.8) is 0 Å². The van der Waals surface area contributed by atoms with E-state index in [0.717, 1.165) is 30.1 Å². The quantitative estimate of drug-likeness (QED) is 0.230. The molecule has 3 aromatic carbocycles. The van der Waals surface area contributed by atoms with Gasteiger partial charge < -0.3 is 9.47 Å². The van der Waals surface area contributed by atoms with E-state index in [4.69, 9.17) is 9.47 Å². The van der Waals surface area contributed by atoms with Crippen LogP contribution in [0.25, 0.3) is 22.3 Å². The van der Waals surface area contributed by atoms with Crippen LogP contribution in [0.15, 0.2) is 72.8 Å². The molecule has 1 saturated carbocycles. The molecular weight excluding hydrogens is 514 g/mol. The number of allylic oxidation sites excluding steroid dienone is 2. The molecule has 3 aromatic rings. The van der Waals surface area contributed by atoms with Crippen molar-refractivity contribution in [3.05, 3.63) is 90.0 Å². The van der Waals surface area contributed by atoms with Crippen LogP contribution in [0.1, 0.15) is 83.1 Å². The number of benzene rings is 3. The molecular formula is C37H44F2O2.